The van der Waals surface area contributed by atoms with Crippen LogP contribution in [0.15, 0.2) is 47.4 Å². The summed E-state index contributed by atoms with van der Waals surface area (Å²) in [6.45, 7) is 0.710. The van der Waals surface area contributed by atoms with Crippen molar-refractivity contribution in [3.63, 3.8) is 0 Å². The van der Waals surface area contributed by atoms with Crippen molar-refractivity contribution < 1.29 is 13.6 Å². The van der Waals surface area contributed by atoms with Gasteiger partial charge in [-0.25, -0.2) is 0 Å². The number of thioether (sulfide) groups is 1. The van der Waals surface area contributed by atoms with E-state index in [1.165, 1.54) is 0 Å². The molecule has 0 bridgehead atoms. The third-order valence-corrected chi connectivity index (χ3v) is 4.67. The highest BCUT2D eigenvalue weighted by Gasteiger charge is 2.10. The molecule has 0 unspecified atom stereocenters. The van der Waals surface area contributed by atoms with Gasteiger partial charge in [0, 0.05) is 17.1 Å². The number of carbonyl (C=O) groups excluding carboxylic acids is 1. The maximum atomic E-state index is 12.3. The number of hydrogen-bond acceptors (Lipinski definition) is 3. The van der Waals surface area contributed by atoms with Crippen molar-refractivity contribution in [3.05, 3.63) is 58.1 Å². The molecule has 2 rings (SSSR count). The number of halogens is 4. The van der Waals surface area contributed by atoms with Crippen LogP contribution < -0.4 is 5.32 Å². The van der Waals surface area contributed by atoms with Gasteiger partial charge in [-0.15, -0.1) is 0 Å². The average molecular weight is 405 g/mol. The van der Waals surface area contributed by atoms with Gasteiger partial charge in [-0.2, -0.15) is 8.78 Å². The topological polar surface area (TPSA) is 32.3 Å². The number of hydrogen-bond donors (Lipinski definition) is 1. The van der Waals surface area contributed by atoms with Gasteiger partial charge in [-0.05, 0) is 49.0 Å². The molecule has 2 aromatic rings. The Kier molecular flexibility index (Phi) is 7.50. The zero-order chi connectivity index (χ0) is 18.4. The number of benzene rings is 2. The number of nitrogens with zero attached hydrogens (tertiary/aromatic N) is 1. The molecule has 0 aromatic heterocycles. The highest BCUT2D eigenvalue weighted by molar-refractivity contribution is 7.99. The van der Waals surface area contributed by atoms with E-state index in [2.05, 4.69) is 5.32 Å². The number of alkyl halides is 2. The van der Waals surface area contributed by atoms with Crippen LogP contribution in [0, 0.1) is 0 Å². The molecule has 2 aromatic carbocycles. The lowest BCUT2D eigenvalue weighted by molar-refractivity contribution is -0.117. The molecule has 0 fully saturated rings. The molecule has 0 heterocycles. The van der Waals surface area contributed by atoms with E-state index >= 15 is 0 Å². The Balaban J connectivity index is 1.85. The molecule has 0 aliphatic heterocycles. The first kappa shape index (κ1) is 20.0. The first-order valence-electron chi connectivity index (χ1n) is 7.30. The van der Waals surface area contributed by atoms with Crippen molar-refractivity contribution in [1.29, 1.82) is 0 Å². The molecule has 1 amide bonds. The Morgan fingerprint density at radius 2 is 1.84 bits per heavy atom. The molecule has 134 valence electrons. The quantitative estimate of drug-likeness (QED) is 0.628. The number of carbonyl (C=O) groups is 1. The summed E-state index contributed by atoms with van der Waals surface area (Å²) in [5.41, 5.74) is 1.50. The van der Waals surface area contributed by atoms with Crippen LogP contribution in [0.1, 0.15) is 5.56 Å². The molecule has 0 atom stereocenters. The predicted molar refractivity (Wildman–Crippen MR) is 99.7 cm³/mol. The zero-order valence-electron chi connectivity index (χ0n) is 13.3. The van der Waals surface area contributed by atoms with Gasteiger partial charge in [0.2, 0.25) is 5.91 Å². The first-order valence-corrected chi connectivity index (χ1v) is 8.94. The number of likely N-dealkylation sites (N-methyl/N-ethyl adjacent to an activating group) is 1. The van der Waals surface area contributed by atoms with E-state index in [0.29, 0.717) is 38.9 Å². The summed E-state index contributed by atoms with van der Waals surface area (Å²) < 4.78 is 24.5. The van der Waals surface area contributed by atoms with Gasteiger partial charge in [0.1, 0.15) is 0 Å². The van der Waals surface area contributed by atoms with Crippen LogP contribution in [0.25, 0.3) is 0 Å². The monoisotopic (exact) mass is 404 g/mol. The summed E-state index contributed by atoms with van der Waals surface area (Å²) in [6.07, 6.45) is 0. The molecule has 0 saturated heterocycles. The summed E-state index contributed by atoms with van der Waals surface area (Å²) >= 11 is 12.3. The zero-order valence-corrected chi connectivity index (χ0v) is 15.6. The molecule has 0 spiro atoms. The lowest BCUT2D eigenvalue weighted by atomic mass is 10.2. The highest BCUT2D eigenvalue weighted by atomic mass is 35.5. The molecular formula is C17H16Cl2F2N2OS. The number of anilines is 1. The van der Waals surface area contributed by atoms with Crippen LogP contribution >= 0.6 is 35.0 Å². The normalized spacial score (nSPS) is 11.2. The van der Waals surface area contributed by atoms with Gasteiger partial charge in [0.25, 0.3) is 5.76 Å². The Morgan fingerprint density at radius 3 is 2.44 bits per heavy atom. The molecule has 25 heavy (non-hydrogen) atoms. The number of rotatable bonds is 7. The van der Waals surface area contributed by atoms with E-state index in [0.717, 1.165) is 5.56 Å². The standard InChI is InChI=1S/C17H16Cl2F2N2OS/c1-23(9-11-2-7-14(18)15(19)8-11)10-16(24)22-12-3-5-13(6-4-12)25-17(20)21/h2-8,17H,9-10H2,1H3,(H,22,24). The third kappa shape index (κ3) is 6.82. The largest absolute Gasteiger partial charge is 0.325 e. The van der Waals surface area contributed by atoms with Gasteiger partial charge in [-0.3, -0.25) is 9.69 Å². The Labute approximate surface area is 159 Å². The lowest BCUT2D eigenvalue weighted by Crippen LogP contribution is -2.29. The average Bonchev–Trinajstić information content (AvgIpc) is 2.52. The summed E-state index contributed by atoms with van der Waals surface area (Å²) in [7, 11) is 1.81. The minimum absolute atomic E-state index is 0.174. The van der Waals surface area contributed by atoms with E-state index in [1.807, 2.05) is 18.0 Å². The van der Waals surface area contributed by atoms with Crippen molar-refractivity contribution in [2.45, 2.75) is 17.2 Å². The van der Waals surface area contributed by atoms with Gasteiger partial charge in [-0.1, -0.05) is 41.0 Å². The minimum Gasteiger partial charge on any atom is -0.325 e. The van der Waals surface area contributed by atoms with Crippen molar-refractivity contribution in [3.8, 4) is 0 Å². The minimum atomic E-state index is -2.46. The van der Waals surface area contributed by atoms with E-state index in [1.54, 1.807) is 36.4 Å². The third-order valence-electron chi connectivity index (χ3n) is 3.21. The number of nitrogens with one attached hydrogen (secondary N) is 1. The van der Waals surface area contributed by atoms with Crippen molar-refractivity contribution in [2.75, 3.05) is 18.9 Å². The Bertz CT molecular complexity index is 729. The smallest absolute Gasteiger partial charge is 0.288 e. The summed E-state index contributed by atoms with van der Waals surface area (Å²) in [5, 5.41) is 3.69. The van der Waals surface area contributed by atoms with Gasteiger partial charge < -0.3 is 5.32 Å². The molecule has 0 saturated carbocycles. The van der Waals surface area contributed by atoms with Gasteiger partial charge in [0.15, 0.2) is 0 Å². The predicted octanol–water partition coefficient (Wildman–Crippen LogP) is 5.38. The fourth-order valence-corrected chi connectivity index (χ4v) is 2.99. The second-order valence-electron chi connectivity index (χ2n) is 5.37. The lowest BCUT2D eigenvalue weighted by Gasteiger charge is -2.17. The van der Waals surface area contributed by atoms with E-state index < -0.39 is 5.76 Å². The van der Waals surface area contributed by atoms with Crippen LogP contribution in [0.5, 0.6) is 0 Å². The Hall–Kier alpha value is -1.34. The Morgan fingerprint density at radius 1 is 1.16 bits per heavy atom. The van der Waals surface area contributed by atoms with Crippen molar-refractivity contribution in [2.24, 2.45) is 0 Å². The molecule has 3 nitrogen and oxygen atoms in total. The summed E-state index contributed by atoms with van der Waals surface area (Å²) in [4.78, 5) is 14.3. The van der Waals surface area contributed by atoms with E-state index in [9.17, 15) is 13.6 Å². The van der Waals surface area contributed by atoms with Crippen molar-refractivity contribution in [1.82, 2.24) is 4.90 Å². The van der Waals surface area contributed by atoms with Crippen LogP contribution in [0.2, 0.25) is 10.0 Å². The van der Waals surface area contributed by atoms with Gasteiger partial charge >= 0.3 is 0 Å². The van der Waals surface area contributed by atoms with Crippen molar-refractivity contribution >= 4 is 46.6 Å². The van der Waals surface area contributed by atoms with Crippen LogP contribution in [-0.4, -0.2) is 30.2 Å². The molecular weight excluding hydrogens is 389 g/mol. The van der Waals surface area contributed by atoms with E-state index in [-0.39, 0.29) is 12.5 Å². The second kappa shape index (κ2) is 9.38. The fraction of sp³-hybridized carbons (Fsp3) is 0.235. The second-order valence-corrected chi connectivity index (χ2v) is 7.25. The molecule has 0 radical (unpaired) electrons. The van der Waals surface area contributed by atoms with Crippen LogP contribution in [0.4, 0.5) is 14.5 Å². The van der Waals surface area contributed by atoms with Crippen LogP contribution in [-0.2, 0) is 11.3 Å². The summed E-state index contributed by atoms with van der Waals surface area (Å²) in [6, 6.07) is 11.6. The maximum absolute atomic E-state index is 12.3. The molecule has 0 aliphatic carbocycles. The number of amides is 1. The van der Waals surface area contributed by atoms with Gasteiger partial charge in [0.05, 0.1) is 16.6 Å². The SMILES string of the molecule is CN(CC(=O)Nc1ccc(SC(F)F)cc1)Cc1ccc(Cl)c(Cl)c1. The van der Waals surface area contributed by atoms with E-state index in [4.69, 9.17) is 23.2 Å². The molecule has 8 heteroatoms. The fourth-order valence-electron chi connectivity index (χ4n) is 2.17. The molecule has 0 aliphatic rings. The van der Waals surface area contributed by atoms with Crippen LogP contribution in [0.3, 0.4) is 0 Å². The first-order chi connectivity index (χ1) is 11.8. The highest BCUT2D eigenvalue weighted by Crippen LogP contribution is 2.26. The molecule has 1 N–H and O–H groups in total. The maximum Gasteiger partial charge on any atom is 0.288 e. The summed E-state index contributed by atoms with van der Waals surface area (Å²) in [5.74, 6) is -2.66.